The van der Waals surface area contributed by atoms with E-state index < -0.39 is 17.5 Å². The minimum absolute atomic E-state index is 0.0525. The number of pyridine rings is 1. The van der Waals surface area contributed by atoms with Crippen LogP contribution in [0.5, 0.6) is 0 Å². The molecule has 1 saturated heterocycles. The van der Waals surface area contributed by atoms with Gasteiger partial charge in [-0.3, -0.25) is 4.79 Å². The van der Waals surface area contributed by atoms with Crippen molar-refractivity contribution in [2.45, 2.75) is 20.0 Å². The van der Waals surface area contributed by atoms with Gasteiger partial charge in [0.15, 0.2) is 11.6 Å². The van der Waals surface area contributed by atoms with Crippen LogP contribution in [0.4, 0.5) is 19.0 Å². The molecule has 1 amide bonds. The second-order valence-corrected chi connectivity index (χ2v) is 6.40. The first kappa shape index (κ1) is 19.2. The van der Waals surface area contributed by atoms with Crippen LogP contribution in [0.2, 0.25) is 0 Å². The molecule has 0 radical (unpaired) electrons. The molecule has 0 bridgehead atoms. The number of piperazine rings is 1. The Balaban J connectivity index is 1.65. The number of hydrogen-bond acceptors (Lipinski definition) is 4. The molecular weight excluding hydrogens is 357 g/mol. The molecule has 1 aliphatic heterocycles. The van der Waals surface area contributed by atoms with Gasteiger partial charge in [-0.05, 0) is 18.2 Å². The molecule has 1 aromatic heterocycles. The maximum atomic E-state index is 13.8. The Morgan fingerprint density at radius 1 is 1.07 bits per heavy atom. The van der Waals surface area contributed by atoms with Crippen molar-refractivity contribution in [3.05, 3.63) is 59.0 Å². The second-order valence-electron chi connectivity index (χ2n) is 6.40. The van der Waals surface area contributed by atoms with E-state index in [0.29, 0.717) is 32.7 Å². The fourth-order valence-corrected chi connectivity index (χ4v) is 3.14. The summed E-state index contributed by atoms with van der Waals surface area (Å²) in [7, 11) is 0. The zero-order valence-corrected chi connectivity index (χ0v) is 15.0. The topological polar surface area (TPSA) is 48.5 Å². The van der Waals surface area contributed by atoms with Gasteiger partial charge < -0.3 is 15.1 Å². The van der Waals surface area contributed by atoms with E-state index in [4.69, 9.17) is 0 Å². The third kappa shape index (κ3) is 4.39. The fourth-order valence-electron chi connectivity index (χ4n) is 3.14. The molecule has 1 fully saturated rings. The van der Waals surface area contributed by atoms with Crippen molar-refractivity contribution in [3.63, 3.8) is 0 Å². The van der Waals surface area contributed by atoms with E-state index >= 15 is 0 Å². The third-order valence-corrected chi connectivity index (χ3v) is 4.65. The summed E-state index contributed by atoms with van der Waals surface area (Å²) in [6.07, 6.45) is 1.68. The van der Waals surface area contributed by atoms with Crippen LogP contribution >= 0.6 is 0 Å². The van der Waals surface area contributed by atoms with Crippen LogP contribution in [0.1, 0.15) is 18.1 Å². The number of rotatable bonds is 5. The van der Waals surface area contributed by atoms with Gasteiger partial charge in [0.1, 0.15) is 11.6 Å². The first-order chi connectivity index (χ1) is 13.0. The Hall–Kier alpha value is -2.61. The van der Waals surface area contributed by atoms with Gasteiger partial charge in [-0.15, -0.1) is 0 Å². The average molecular weight is 378 g/mol. The summed E-state index contributed by atoms with van der Waals surface area (Å²) < 4.78 is 40.8. The van der Waals surface area contributed by atoms with E-state index in [1.54, 1.807) is 24.1 Å². The summed E-state index contributed by atoms with van der Waals surface area (Å²) in [5.41, 5.74) is 0.543. The molecular formula is C19H21F3N4O. The summed E-state index contributed by atoms with van der Waals surface area (Å²) >= 11 is 0. The van der Waals surface area contributed by atoms with Crippen LogP contribution in [-0.2, 0) is 17.9 Å². The Labute approximate surface area is 155 Å². The number of carbonyl (C=O) groups is 1. The number of anilines is 1. The lowest BCUT2D eigenvalue weighted by Crippen LogP contribution is -2.48. The summed E-state index contributed by atoms with van der Waals surface area (Å²) in [6, 6.07) is 5.36. The highest BCUT2D eigenvalue weighted by Gasteiger charge is 2.21. The first-order valence-electron chi connectivity index (χ1n) is 8.75. The van der Waals surface area contributed by atoms with Gasteiger partial charge >= 0.3 is 0 Å². The van der Waals surface area contributed by atoms with Crippen LogP contribution in [0.25, 0.3) is 0 Å². The number of halogens is 3. The lowest BCUT2D eigenvalue weighted by molar-refractivity contribution is -0.129. The second kappa shape index (κ2) is 8.39. The average Bonchev–Trinajstić information content (AvgIpc) is 2.68. The Bertz CT molecular complexity index is 823. The minimum atomic E-state index is -1.17. The van der Waals surface area contributed by atoms with E-state index in [-0.39, 0.29) is 18.0 Å². The molecule has 27 heavy (non-hydrogen) atoms. The molecule has 5 nitrogen and oxygen atoms in total. The number of hydrogen-bond donors (Lipinski definition) is 1. The third-order valence-electron chi connectivity index (χ3n) is 4.65. The van der Waals surface area contributed by atoms with E-state index in [2.05, 4.69) is 15.2 Å². The lowest BCUT2D eigenvalue weighted by atomic mass is 10.1. The maximum Gasteiger partial charge on any atom is 0.219 e. The van der Waals surface area contributed by atoms with Gasteiger partial charge in [-0.2, -0.15) is 0 Å². The van der Waals surface area contributed by atoms with Gasteiger partial charge in [0.05, 0.1) is 0 Å². The highest BCUT2D eigenvalue weighted by atomic mass is 19.2. The summed E-state index contributed by atoms with van der Waals surface area (Å²) in [5.74, 6) is -2.20. The monoisotopic (exact) mass is 378 g/mol. The molecule has 144 valence electrons. The quantitative estimate of drug-likeness (QED) is 0.812. The van der Waals surface area contributed by atoms with Crippen LogP contribution in [0.3, 0.4) is 0 Å². The molecule has 0 spiro atoms. The molecule has 8 heteroatoms. The molecule has 3 rings (SSSR count). The van der Waals surface area contributed by atoms with Crippen molar-refractivity contribution >= 4 is 11.7 Å². The summed E-state index contributed by atoms with van der Waals surface area (Å²) in [5, 5.41) is 2.96. The number of carbonyl (C=O) groups excluding carboxylic acids is 1. The van der Waals surface area contributed by atoms with E-state index in [1.807, 2.05) is 6.07 Å². The summed E-state index contributed by atoms with van der Waals surface area (Å²) in [6.45, 7) is 4.31. The predicted octanol–water partition coefficient (Wildman–Crippen LogP) is 2.46. The minimum Gasteiger partial charge on any atom is -0.353 e. The van der Waals surface area contributed by atoms with Gasteiger partial charge in [-0.25, -0.2) is 18.2 Å². The molecule has 0 aliphatic carbocycles. The highest BCUT2D eigenvalue weighted by Crippen LogP contribution is 2.20. The number of nitrogens with one attached hydrogen (secondary N) is 1. The standard InChI is InChI=1S/C19H21F3N4O/c1-13(27)25-7-9-26(10-8-25)19-14(3-2-6-24-19)11-23-12-15-16(20)4-5-17(21)18(15)22/h2-6,23H,7-12H2,1H3. The highest BCUT2D eigenvalue weighted by molar-refractivity contribution is 5.73. The van der Waals surface area contributed by atoms with Gasteiger partial charge in [-0.1, -0.05) is 6.07 Å². The van der Waals surface area contributed by atoms with Crippen molar-refractivity contribution in [2.75, 3.05) is 31.1 Å². The lowest BCUT2D eigenvalue weighted by Gasteiger charge is -2.35. The molecule has 1 N–H and O–H groups in total. The molecule has 0 atom stereocenters. The van der Waals surface area contributed by atoms with Crippen molar-refractivity contribution in [1.82, 2.24) is 15.2 Å². The molecule has 1 aromatic carbocycles. The smallest absolute Gasteiger partial charge is 0.219 e. The number of benzene rings is 1. The van der Waals surface area contributed by atoms with E-state index in [9.17, 15) is 18.0 Å². The van der Waals surface area contributed by atoms with Gasteiger partial charge in [0.2, 0.25) is 5.91 Å². The molecule has 0 saturated carbocycles. The summed E-state index contributed by atoms with van der Waals surface area (Å²) in [4.78, 5) is 19.7. The predicted molar refractivity (Wildman–Crippen MR) is 95.6 cm³/mol. The van der Waals surface area contributed by atoms with Crippen LogP contribution in [-0.4, -0.2) is 42.0 Å². The van der Waals surface area contributed by atoms with Gasteiger partial charge in [0, 0.05) is 63.5 Å². The molecule has 1 aliphatic rings. The normalized spacial score (nSPS) is 14.5. The van der Waals surface area contributed by atoms with Crippen molar-refractivity contribution < 1.29 is 18.0 Å². The fraction of sp³-hybridized carbons (Fsp3) is 0.368. The molecule has 2 aromatic rings. The van der Waals surface area contributed by atoms with Crippen LogP contribution in [0, 0.1) is 17.5 Å². The zero-order valence-electron chi connectivity index (χ0n) is 15.0. The first-order valence-corrected chi connectivity index (χ1v) is 8.75. The Morgan fingerprint density at radius 2 is 1.78 bits per heavy atom. The zero-order chi connectivity index (χ0) is 19.4. The number of nitrogens with zero attached hydrogens (tertiary/aromatic N) is 3. The van der Waals surface area contributed by atoms with Gasteiger partial charge in [0.25, 0.3) is 0 Å². The molecule has 2 heterocycles. The molecule has 0 unspecified atom stereocenters. The van der Waals surface area contributed by atoms with Crippen LogP contribution < -0.4 is 10.2 Å². The van der Waals surface area contributed by atoms with E-state index in [0.717, 1.165) is 23.5 Å². The van der Waals surface area contributed by atoms with Crippen molar-refractivity contribution in [2.24, 2.45) is 0 Å². The number of aromatic nitrogens is 1. The van der Waals surface area contributed by atoms with E-state index in [1.165, 1.54) is 0 Å². The Kier molecular flexibility index (Phi) is 5.95. The SMILES string of the molecule is CC(=O)N1CCN(c2ncccc2CNCc2c(F)ccc(F)c2F)CC1. The maximum absolute atomic E-state index is 13.8. The van der Waals surface area contributed by atoms with Crippen LogP contribution in [0.15, 0.2) is 30.5 Å². The number of amides is 1. The van der Waals surface area contributed by atoms with Crippen molar-refractivity contribution in [3.8, 4) is 0 Å². The largest absolute Gasteiger partial charge is 0.353 e. The van der Waals surface area contributed by atoms with Crippen molar-refractivity contribution in [1.29, 1.82) is 0 Å². The Morgan fingerprint density at radius 3 is 2.48 bits per heavy atom.